The van der Waals surface area contributed by atoms with E-state index in [9.17, 15) is 0 Å². The third kappa shape index (κ3) is 4.35. The first-order valence-electron chi connectivity index (χ1n) is 14.2. The predicted molar refractivity (Wildman–Crippen MR) is 171 cm³/mol. The topological polar surface area (TPSA) is 0 Å². The Balaban J connectivity index is 1.29. The first kappa shape index (κ1) is 25.1. The van der Waals surface area contributed by atoms with Crippen LogP contribution in [0.5, 0.6) is 0 Å². The molecule has 1 spiro atoms. The van der Waals surface area contributed by atoms with Crippen molar-refractivity contribution < 1.29 is 0 Å². The molecule has 4 aromatic rings. The molecule has 0 amide bonds. The monoisotopic (exact) mass is 504 g/mol. The molecule has 0 atom stereocenters. The molecular weight excluding hydrogens is 468 g/mol. The van der Waals surface area contributed by atoms with Crippen molar-refractivity contribution in [3.8, 4) is 22.3 Å². The van der Waals surface area contributed by atoms with Crippen LogP contribution in [0.2, 0.25) is 0 Å². The van der Waals surface area contributed by atoms with E-state index in [0.29, 0.717) is 0 Å². The number of hydrogen-bond donors (Lipinski definition) is 0. The van der Waals surface area contributed by atoms with E-state index in [1.165, 1.54) is 81.0 Å². The molecule has 2 aliphatic rings. The number of fused-ring (bicyclic) bond motifs is 3. The van der Waals surface area contributed by atoms with Crippen LogP contribution < -0.4 is 0 Å². The third-order valence-electron chi connectivity index (χ3n) is 8.97. The summed E-state index contributed by atoms with van der Waals surface area (Å²) in [4.78, 5) is 0. The number of allylic oxidation sites excluding steroid dienone is 8. The Hall–Kier alpha value is -4.16. The standard InChI is InChI=1S/C39H36/c1-5-7-8-11-27(3)29-12-14-30(15-13-29)31-16-17-33-25-34(19-18-32(33)24-31)35-20-21-37-36(6-2)28(4)39(38(37)26-35)22-9-10-23-39/h5-8,11-21,24-26H,2-3,9-10,22-23H2,1,4H3/b7-5-,11-8-. The van der Waals surface area contributed by atoms with E-state index in [1.54, 1.807) is 0 Å². The van der Waals surface area contributed by atoms with Crippen LogP contribution in [0.25, 0.3) is 44.2 Å². The maximum absolute atomic E-state index is 4.20. The van der Waals surface area contributed by atoms with Crippen LogP contribution in [0.15, 0.2) is 128 Å². The number of benzene rings is 4. The van der Waals surface area contributed by atoms with Crippen LogP contribution in [-0.2, 0) is 5.41 Å². The molecule has 0 N–H and O–H groups in total. The van der Waals surface area contributed by atoms with Crippen molar-refractivity contribution >= 4 is 21.9 Å². The lowest BCUT2D eigenvalue weighted by atomic mass is 9.75. The highest BCUT2D eigenvalue weighted by Crippen LogP contribution is 2.55. The van der Waals surface area contributed by atoms with Gasteiger partial charge < -0.3 is 0 Å². The Morgan fingerprint density at radius 1 is 0.744 bits per heavy atom. The quantitative estimate of drug-likeness (QED) is 0.229. The van der Waals surface area contributed by atoms with Gasteiger partial charge in [0.15, 0.2) is 0 Å². The van der Waals surface area contributed by atoms with E-state index in [4.69, 9.17) is 0 Å². The van der Waals surface area contributed by atoms with Crippen molar-refractivity contribution in [1.82, 2.24) is 0 Å². The summed E-state index contributed by atoms with van der Waals surface area (Å²) in [6.45, 7) is 12.7. The number of rotatable bonds is 6. The van der Waals surface area contributed by atoms with Gasteiger partial charge in [-0.3, -0.25) is 0 Å². The molecule has 0 saturated heterocycles. The smallest absolute Gasteiger partial charge is 0.0174 e. The van der Waals surface area contributed by atoms with Crippen LogP contribution in [0, 0.1) is 0 Å². The Morgan fingerprint density at radius 3 is 1.97 bits per heavy atom. The summed E-state index contributed by atoms with van der Waals surface area (Å²) >= 11 is 0. The lowest BCUT2D eigenvalue weighted by molar-refractivity contribution is 0.534. The molecule has 0 bridgehead atoms. The number of hydrogen-bond acceptors (Lipinski definition) is 0. The predicted octanol–water partition coefficient (Wildman–Crippen LogP) is 11.1. The molecule has 1 fully saturated rings. The van der Waals surface area contributed by atoms with Gasteiger partial charge in [-0.1, -0.05) is 123 Å². The minimum absolute atomic E-state index is 0.214. The average molecular weight is 505 g/mol. The molecule has 0 heteroatoms. The molecule has 4 aromatic carbocycles. The SMILES string of the molecule is C=CC1=C(C)C2(CCCC2)c2cc(-c3ccc4cc(-c5ccc(C(=C)/C=C\C=C/C)cc5)ccc4c3)ccc21. The van der Waals surface area contributed by atoms with E-state index >= 15 is 0 Å². The van der Waals surface area contributed by atoms with Gasteiger partial charge in [-0.25, -0.2) is 0 Å². The van der Waals surface area contributed by atoms with Gasteiger partial charge in [-0.2, -0.15) is 0 Å². The van der Waals surface area contributed by atoms with E-state index < -0.39 is 0 Å². The summed E-state index contributed by atoms with van der Waals surface area (Å²) in [7, 11) is 0. The fourth-order valence-electron chi connectivity index (χ4n) is 6.76. The van der Waals surface area contributed by atoms with Gasteiger partial charge in [0, 0.05) is 5.41 Å². The lowest BCUT2D eigenvalue weighted by Crippen LogP contribution is -2.20. The summed E-state index contributed by atoms with van der Waals surface area (Å²) in [5, 5.41) is 2.53. The minimum atomic E-state index is 0.214. The Labute approximate surface area is 233 Å². The summed E-state index contributed by atoms with van der Waals surface area (Å²) in [6.07, 6.45) is 15.3. The van der Waals surface area contributed by atoms with Crippen molar-refractivity contribution in [3.05, 3.63) is 145 Å². The zero-order chi connectivity index (χ0) is 27.0. The van der Waals surface area contributed by atoms with Gasteiger partial charge in [0.2, 0.25) is 0 Å². The second-order valence-electron chi connectivity index (χ2n) is 11.1. The summed E-state index contributed by atoms with van der Waals surface area (Å²) in [5.41, 5.74) is 13.2. The Kier molecular flexibility index (Phi) is 6.57. The molecule has 39 heavy (non-hydrogen) atoms. The van der Waals surface area contributed by atoms with Crippen molar-refractivity contribution in [2.75, 3.05) is 0 Å². The summed E-state index contributed by atoms with van der Waals surface area (Å²) in [6, 6.07) is 29.5. The zero-order valence-corrected chi connectivity index (χ0v) is 23.1. The van der Waals surface area contributed by atoms with Crippen LogP contribution >= 0.6 is 0 Å². The Bertz CT molecular complexity index is 1680. The molecule has 0 aliphatic heterocycles. The molecule has 1 saturated carbocycles. The molecule has 0 aromatic heterocycles. The highest BCUT2D eigenvalue weighted by molar-refractivity contribution is 5.92. The van der Waals surface area contributed by atoms with Crippen molar-refractivity contribution in [3.63, 3.8) is 0 Å². The second-order valence-corrected chi connectivity index (χ2v) is 11.1. The molecule has 0 radical (unpaired) electrons. The van der Waals surface area contributed by atoms with Gasteiger partial charge in [0.25, 0.3) is 0 Å². The molecule has 0 nitrogen and oxygen atoms in total. The van der Waals surface area contributed by atoms with Gasteiger partial charge in [-0.15, -0.1) is 0 Å². The molecular formula is C39H36. The third-order valence-corrected chi connectivity index (χ3v) is 8.97. The molecule has 0 heterocycles. The highest BCUT2D eigenvalue weighted by Gasteiger charge is 2.44. The van der Waals surface area contributed by atoms with Gasteiger partial charge >= 0.3 is 0 Å². The van der Waals surface area contributed by atoms with Gasteiger partial charge in [0.1, 0.15) is 0 Å². The van der Waals surface area contributed by atoms with Crippen LogP contribution in [0.1, 0.15) is 56.2 Å². The largest absolute Gasteiger partial charge is 0.0984 e. The normalized spacial score (nSPS) is 16.2. The second kappa shape index (κ2) is 10.2. The zero-order valence-electron chi connectivity index (χ0n) is 23.1. The van der Waals surface area contributed by atoms with Crippen molar-refractivity contribution in [2.24, 2.45) is 0 Å². The van der Waals surface area contributed by atoms with Crippen LogP contribution in [-0.4, -0.2) is 0 Å². The summed E-state index contributed by atoms with van der Waals surface area (Å²) < 4.78 is 0. The van der Waals surface area contributed by atoms with E-state index in [1.807, 2.05) is 31.2 Å². The maximum atomic E-state index is 4.20. The lowest BCUT2D eigenvalue weighted by Gasteiger charge is -2.28. The van der Waals surface area contributed by atoms with Crippen LogP contribution in [0.3, 0.4) is 0 Å². The first-order valence-corrected chi connectivity index (χ1v) is 14.2. The Morgan fingerprint density at radius 2 is 1.33 bits per heavy atom. The van der Waals surface area contributed by atoms with Crippen molar-refractivity contribution in [2.45, 2.75) is 44.9 Å². The fourth-order valence-corrected chi connectivity index (χ4v) is 6.76. The molecule has 2 aliphatic carbocycles. The maximum Gasteiger partial charge on any atom is 0.0174 e. The van der Waals surface area contributed by atoms with E-state index in [0.717, 1.165) is 11.1 Å². The fraction of sp³-hybridized carbons (Fsp3) is 0.179. The van der Waals surface area contributed by atoms with Gasteiger partial charge in [-0.05, 0) is 106 Å². The minimum Gasteiger partial charge on any atom is -0.0984 e. The van der Waals surface area contributed by atoms with Crippen molar-refractivity contribution in [1.29, 1.82) is 0 Å². The van der Waals surface area contributed by atoms with Gasteiger partial charge in [0.05, 0.1) is 0 Å². The molecule has 6 rings (SSSR count). The summed E-state index contributed by atoms with van der Waals surface area (Å²) in [5.74, 6) is 0. The molecule has 192 valence electrons. The van der Waals surface area contributed by atoms with E-state index in [-0.39, 0.29) is 5.41 Å². The molecule has 0 unspecified atom stereocenters. The van der Waals surface area contributed by atoms with E-state index in [2.05, 4.69) is 105 Å². The van der Waals surface area contributed by atoms with Crippen LogP contribution in [0.4, 0.5) is 0 Å². The first-order chi connectivity index (χ1) is 19.0. The highest BCUT2D eigenvalue weighted by atomic mass is 14.5. The average Bonchev–Trinajstić information content (AvgIpc) is 3.56.